The number of carbonyl (C=O) groups is 1. The summed E-state index contributed by atoms with van der Waals surface area (Å²) in [5.41, 5.74) is 1.70. The van der Waals surface area contributed by atoms with Gasteiger partial charge in [0.1, 0.15) is 0 Å². The summed E-state index contributed by atoms with van der Waals surface area (Å²) < 4.78 is 0. The molecule has 0 N–H and O–H groups in total. The van der Waals surface area contributed by atoms with Gasteiger partial charge in [0.15, 0.2) is 5.78 Å². The Kier molecular flexibility index (Phi) is 3.93. The highest BCUT2D eigenvalue weighted by Gasteiger charge is 2.23. The van der Waals surface area contributed by atoms with Crippen LogP contribution in [0.4, 0.5) is 5.69 Å². The molecule has 0 aliphatic carbocycles. The Morgan fingerprint density at radius 1 is 1.39 bits per heavy atom. The lowest BCUT2D eigenvalue weighted by Crippen LogP contribution is -2.50. The van der Waals surface area contributed by atoms with Gasteiger partial charge in [-0.2, -0.15) is 0 Å². The molecule has 1 aromatic carbocycles. The fraction of sp³-hybridized carbons (Fsp3) is 0.500. The van der Waals surface area contributed by atoms with Crippen molar-refractivity contribution < 1.29 is 4.79 Å². The first-order valence-corrected chi connectivity index (χ1v) is 6.62. The molecular formula is C14H19ClN2O. The molecule has 0 spiro atoms. The van der Waals surface area contributed by atoms with Crippen LogP contribution in [0.25, 0.3) is 0 Å². The molecule has 98 valence electrons. The summed E-state index contributed by atoms with van der Waals surface area (Å²) in [6, 6.07) is 6.02. The highest BCUT2D eigenvalue weighted by Crippen LogP contribution is 2.29. The standard InChI is InChI=1S/C14H19ClN2O/c1-10-9-16(3)6-7-17(10)14-5-4-12(11(2)18)8-13(14)15/h4-5,8,10H,6-7,9H2,1-3H3. The third-order valence-electron chi connectivity index (χ3n) is 3.49. The van der Waals surface area contributed by atoms with Crippen molar-refractivity contribution in [3.05, 3.63) is 28.8 Å². The molecule has 1 saturated heterocycles. The Hall–Kier alpha value is -1.06. The number of Topliss-reactive ketones (excluding diaryl/α,β-unsaturated/α-hetero) is 1. The van der Waals surface area contributed by atoms with Crippen LogP contribution >= 0.6 is 11.6 Å². The highest BCUT2D eigenvalue weighted by atomic mass is 35.5. The van der Waals surface area contributed by atoms with E-state index in [1.54, 1.807) is 13.0 Å². The highest BCUT2D eigenvalue weighted by molar-refractivity contribution is 6.33. The minimum Gasteiger partial charge on any atom is -0.365 e. The number of piperazine rings is 1. The molecule has 0 saturated carbocycles. The number of hydrogen-bond acceptors (Lipinski definition) is 3. The summed E-state index contributed by atoms with van der Waals surface area (Å²) >= 11 is 6.30. The maximum Gasteiger partial charge on any atom is 0.159 e. The van der Waals surface area contributed by atoms with Crippen LogP contribution in [0.15, 0.2) is 18.2 Å². The van der Waals surface area contributed by atoms with Crippen molar-refractivity contribution in [2.45, 2.75) is 19.9 Å². The second-order valence-corrected chi connectivity index (χ2v) is 5.43. The Morgan fingerprint density at radius 2 is 2.11 bits per heavy atom. The smallest absolute Gasteiger partial charge is 0.159 e. The summed E-state index contributed by atoms with van der Waals surface area (Å²) in [4.78, 5) is 15.9. The van der Waals surface area contributed by atoms with Crippen molar-refractivity contribution >= 4 is 23.1 Å². The first kappa shape index (κ1) is 13.4. The number of hydrogen-bond donors (Lipinski definition) is 0. The second kappa shape index (κ2) is 5.29. The van der Waals surface area contributed by atoms with Crippen LogP contribution in [-0.4, -0.2) is 43.4 Å². The molecule has 1 aromatic rings. The summed E-state index contributed by atoms with van der Waals surface area (Å²) in [7, 11) is 2.13. The van der Waals surface area contributed by atoms with E-state index in [2.05, 4.69) is 23.8 Å². The Labute approximate surface area is 113 Å². The molecule has 0 radical (unpaired) electrons. The molecule has 2 rings (SSSR count). The molecule has 1 atom stereocenters. The third-order valence-corrected chi connectivity index (χ3v) is 3.80. The van der Waals surface area contributed by atoms with Gasteiger partial charge >= 0.3 is 0 Å². The van der Waals surface area contributed by atoms with E-state index in [-0.39, 0.29) is 5.78 Å². The molecule has 0 amide bonds. The number of anilines is 1. The average Bonchev–Trinajstić information content (AvgIpc) is 2.30. The van der Waals surface area contributed by atoms with Gasteiger partial charge in [-0.3, -0.25) is 4.79 Å². The predicted molar refractivity (Wildman–Crippen MR) is 75.8 cm³/mol. The van der Waals surface area contributed by atoms with Crippen LogP contribution in [0, 0.1) is 0 Å². The van der Waals surface area contributed by atoms with Crippen LogP contribution in [-0.2, 0) is 0 Å². The number of likely N-dealkylation sites (N-methyl/N-ethyl adjacent to an activating group) is 1. The van der Waals surface area contributed by atoms with Gasteiger partial charge in [0.05, 0.1) is 10.7 Å². The number of carbonyl (C=O) groups excluding carboxylic acids is 1. The van der Waals surface area contributed by atoms with Gasteiger partial charge in [0.2, 0.25) is 0 Å². The molecule has 18 heavy (non-hydrogen) atoms. The topological polar surface area (TPSA) is 23.6 Å². The van der Waals surface area contributed by atoms with Gasteiger partial charge in [-0.1, -0.05) is 11.6 Å². The van der Waals surface area contributed by atoms with Crippen LogP contribution < -0.4 is 4.90 Å². The minimum atomic E-state index is 0.0508. The van der Waals surface area contributed by atoms with E-state index in [1.165, 1.54) is 0 Å². The Balaban J connectivity index is 2.26. The quantitative estimate of drug-likeness (QED) is 0.769. The molecule has 3 nitrogen and oxygen atoms in total. The Morgan fingerprint density at radius 3 is 2.67 bits per heavy atom. The lowest BCUT2D eigenvalue weighted by atomic mass is 10.1. The molecule has 0 bridgehead atoms. The van der Waals surface area contributed by atoms with E-state index in [4.69, 9.17) is 11.6 Å². The summed E-state index contributed by atoms with van der Waals surface area (Å²) in [5, 5.41) is 0.666. The first-order chi connectivity index (χ1) is 8.49. The van der Waals surface area contributed by atoms with E-state index >= 15 is 0 Å². The fourth-order valence-corrected chi connectivity index (χ4v) is 2.75. The molecular weight excluding hydrogens is 248 g/mol. The van der Waals surface area contributed by atoms with E-state index in [1.807, 2.05) is 12.1 Å². The van der Waals surface area contributed by atoms with E-state index in [0.29, 0.717) is 16.6 Å². The molecule has 1 aliphatic heterocycles. The number of rotatable bonds is 2. The van der Waals surface area contributed by atoms with Crippen molar-refractivity contribution in [2.24, 2.45) is 0 Å². The van der Waals surface area contributed by atoms with Crippen LogP contribution in [0.5, 0.6) is 0 Å². The maximum absolute atomic E-state index is 11.3. The average molecular weight is 267 g/mol. The van der Waals surface area contributed by atoms with E-state index < -0.39 is 0 Å². The van der Waals surface area contributed by atoms with Crippen molar-refractivity contribution in [1.82, 2.24) is 4.90 Å². The molecule has 0 aromatic heterocycles. The largest absolute Gasteiger partial charge is 0.365 e. The lowest BCUT2D eigenvalue weighted by Gasteiger charge is -2.40. The summed E-state index contributed by atoms with van der Waals surface area (Å²) in [5.74, 6) is 0.0508. The van der Waals surface area contributed by atoms with Gasteiger partial charge in [-0.25, -0.2) is 0 Å². The zero-order valence-corrected chi connectivity index (χ0v) is 11.9. The summed E-state index contributed by atoms with van der Waals surface area (Å²) in [6.45, 7) is 6.80. The molecule has 1 fully saturated rings. The second-order valence-electron chi connectivity index (χ2n) is 5.03. The van der Waals surface area contributed by atoms with Gasteiger partial charge in [0, 0.05) is 31.2 Å². The van der Waals surface area contributed by atoms with Crippen LogP contribution in [0.1, 0.15) is 24.2 Å². The molecule has 1 heterocycles. The first-order valence-electron chi connectivity index (χ1n) is 6.24. The van der Waals surface area contributed by atoms with Gasteiger partial charge in [0.25, 0.3) is 0 Å². The van der Waals surface area contributed by atoms with Crippen molar-refractivity contribution in [2.75, 3.05) is 31.6 Å². The predicted octanol–water partition coefficient (Wildman–Crippen LogP) is 2.68. The zero-order valence-electron chi connectivity index (χ0n) is 11.1. The van der Waals surface area contributed by atoms with Gasteiger partial charge in [-0.05, 0) is 39.1 Å². The van der Waals surface area contributed by atoms with Gasteiger partial charge < -0.3 is 9.80 Å². The normalized spacial score (nSPS) is 21.1. The van der Waals surface area contributed by atoms with Crippen molar-refractivity contribution in [3.8, 4) is 0 Å². The van der Waals surface area contributed by atoms with Crippen molar-refractivity contribution in [1.29, 1.82) is 0 Å². The SMILES string of the molecule is CC(=O)c1ccc(N2CCN(C)CC2C)c(Cl)c1. The Bertz CT molecular complexity index is 461. The lowest BCUT2D eigenvalue weighted by molar-refractivity contribution is 0.101. The van der Waals surface area contributed by atoms with E-state index in [0.717, 1.165) is 25.3 Å². The molecule has 1 unspecified atom stereocenters. The fourth-order valence-electron chi connectivity index (χ4n) is 2.46. The monoisotopic (exact) mass is 266 g/mol. The minimum absolute atomic E-state index is 0.0508. The third kappa shape index (κ3) is 2.68. The van der Waals surface area contributed by atoms with Crippen molar-refractivity contribution in [3.63, 3.8) is 0 Å². The van der Waals surface area contributed by atoms with Crippen LogP contribution in [0.2, 0.25) is 5.02 Å². The van der Waals surface area contributed by atoms with E-state index in [9.17, 15) is 4.79 Å². The van der Waals surface area contributed by atoms with Gasteiger partial charge in [-0.15, -0.1) is 0 Å². The number of ketones is 1. The van der Waals surface area contributed by atoms with Crippen LogP contribution in [0.3, 0.4) is 0 Å². The number of halogens is 1. The summed E-state index contributed by atoms with van der Waals surface area (Å²) in [6.07, 6.45) is 0. The number of benzene rings is 1. The maximum atomic E-state index is 11.3. The molecule has 4 heteroatoms. The number of nitrogens with zero attached hydrogens (tertiary/aromatic N) is 2. The molecule has 1 aliphatic rings. The zero-order chi connectivity index (χ0) is 13.3.